The van der Waals surface area contributed by atoms with E-state index >= 15 is 0 Å². The zero-order chi connectivity index (χ0) is 13.5. The number of carboxylic acid groups (broad SMARTS) is 1. The van der Waals surface area contributed by atoms with Crippen LogP contribution in [0.25, 0.3) is 0 Å². The fourth-order valence-electron chi connectivity index (χ4n) is 1.79. The summed E-state index contributed by atoms with van der Waals surface area (Å²) >= 11 is 4.90. The lowest BCUT2D eigenvalue weighted by atomic mass is 10.0. The van der Waals surface area contributed by atoms with E-state index in [9.17, 15) is 4.79 Å². The third-order valence-corrected chi connectivity index (χ3v) is 2.81. The molecule has 0 aliphatic heterocycles. The number of nitrogens with zero attached hydrogens (tertiary/aromatic N) is 1. The highest BCUT2D eigenvalue weighted by atomic mass is 32.1. The first-order chi connectivity index (χ1) is 8.52. The molecule has 98 valence electrons. The molecule has 4 nitrogen and oxygen atoms in total. The quantitative estimate of drug-likeness (QED) is 0.731. The Morgan fingerprint density at radius 1 is 1.39 bits per heavy atom. The zero-order valence-electron chi connectivity index (χ0n) is 10.4. The molecule has 0 saturated carbocycles. The fraction of sp³-hybridized carbons (Fsp3) is 0.385. The molecule has 0 heterocycles. The first kappa shape index (κ1) is 14.6. The number of hydrogen-bond donors (Lipinski definition) is 2. The van der Waals surface area contributed by atoms with Crippen molar-refractivity contribution in [1.82, 2.24) is 4.90 Å². The number of hydrogen-bond acceptors (Lipinski definition) is 3. The minimum absolute atomic E-state index is 0.0425. The summed E-state index contributed by atoms with van der Waals surface area (Å²) in [5, 5.41) is 8.87. The number of benzene rings is 1. The lowest BCUT2D eigenvalue weighted by molar-refractivity contribution is -0.136. The third kappa shape index (κ3) is 4.81. The van der Waals surface area contributed by atoms with Crippen LogP contribution in [-0.2, 0) is 17.8 Å². The average Bonchev–Trinajstić information content (AvgIpc) is 2.29. The summed E-state index contributed by atoms with van der Waals surface area (Å²) in [5.74, 6) is -0.820. The SMILES string of the molecule is CCN(CC(N)=S)Cc1ccccc1CC(=O)O. The summed E-state index contributed by atoms with van der Waals surface area (Å²) in [6.07, 6.45) is 0.0425. The van der Waals surface area contributed by atoms with Gasteiger partial charge in [-0.3, -0.25) is 9.69 Å². The second-order valence-corrected chi connectivity index (χ2v) is 4.63. The van der Waals surface area contributed by atoms with Gasteiger partial charge in [0.05, 0.1) is 11.4 Å². The van der Waals surface area contributed by atoms with Crippen molar-refractivity contribution in [1.29, 1.82) is 0 Å². The van der Waals surface area contributed by atoms with Crippen molar-refractivity contribution >= 4 is 23.2 Å². The van der Waals surface area contributed by atoms with Crippen LogP contribution >= 0.6 is 12.2 Å². The van der Waals surface area contributed by atoms with E-state index in [4.69, 9.17) is 23.1 Å². The molecule has 0 atom stereocenters. The first-order valence-electron chi connectivity index (χ1n) is 5.82. The van der Waals surface area contributed by atoms with E-state index in [0.29, 0.717) is 18.1 Å². The van der Waals surface area contributed by atoms with Gasteiger partial charge in [0.1, 0.15) is 0 Å². The molecule has 0 radical (unpaired) electrons. The molecule has 5 heteroatoms. The number of carboxylic acids is 1. The van der Waals surface area contributed by atoms with Crippen LogP contribution in [0.1, 0.15) is 18.1 Å². The molecule has 0 saturated heterocycles. The molecular formula is C13H18N2O2S. The largest absolute Gasteiger partial charge is 0.481 e. The molecule has 0 aliphatic rings. The molecule has 1 aromatic carbocycles. The third-order valence-electron chi connectivity index (χ3n) is 2.68. The summed E-state index contributed by atoms with van der Waals surface area (Å²) in [4.78, 5) is 13.3. The van der Waals surface area contributed by atoms with E-state index in [1.807, 2.05) is 31.2 Å². The van der Waals surface area contributed by atoms with E-state index in [2.05, 4.69) is 4.90 Å². The monoisotopic (exact) mass is 266 g/mol. The normalized spacial score (nSPS) is 10.6. The molecule has 0 amide bonds. The van der Waals surface area contributed by atoms with Gasteiger partial charge >= 0.3 is 5.97 Å². The van der Waals surface area contributed by atoms with Gasteiger partial charge in [-0.25, -0.2) is 0 Å². The van der Waals surface area contributed by atoms with Gasteiger partial charge < -0.3 is 10.8 Å². The van der Waals surface area contributed by atoms with Crippen LogP contribution in [0.4, 0.5) is 0 Å². The first-order valence-corrected chi connectivity index (χ1v) is 6.23. The van der Waals surface area contributed by atoms with Crippen LogP contribution in [0.5, 0.6) is 0 Å². The van der Waals surface area contributed by atoms with E-state index in [0.717, 1.165) is 17.7 Å². The smallest absolute Gasteiger partial charge is 0.307 e. The van der Waals surface area contributed by atoms with Gasteiger partial charge in [-0.15, -0.1) is 0 Å². The van der Waals surface area contributed by atoms with Crippen molar-refractivity contribution in [3.8, 4) is 0 Å². The number of thiocarbonyl (C=S) groups is 1. The summed E-state index contributed by atoms with van der Waals surface area (Å²) in [6.45, 7) is 4.06. The summed E-state index contributed by atoms with van der Waals surface area (Å²) < 4.78 is 0. The molecule has 18 heavy (non-hydrogen) atoms. The van der Waals surface area contributed by atoms with Crippen LogP contribution < -0.4 is 5.73 Å². The topological polar surface area (TPSA) is 66.6 Å². The second kappa shape index (κ2) is 7.08. The predicted molar refractivity (Wildman–Crippen MR) is 75.5 cm³/mol. The van der Waals surface area contributed by atoms with Crippen molar-refractivity contribution < 1.29 is 9.90 Å². The van der Waals surface area contributed by atoms with E-state index in [1.165, 1.54) is 0 Å². The Kier molecular flexibility index (Phi) is 5.74. The number of rotatable bonds is 7. The molecule has 1 aromatic rings. The van der Waals surface area contributed by atoms with E-state index in [-0.39, 0.29) is 6.42 Å². The lowest BCUT2D eigenvalue weighted by Gasteiger charge is -2.21. The summed E-state index contributed by atoms with van der Waals surface area (Å²) in [6, 6.07) is 7.56. The number of aliphatic carboxylic acids is 1. The maximum Gasteiger partial charge on any atom is 0.307 e. The Morgan fingerprint density at radius 3 is 2.50 bits per heavy atom. The molecule has 0 unspecified atom stereocenters. The highest BCUT2D eigenvalue weighted by molar-refractivity contribution is 7.80. The standard InChI is InChI=1S/C13H18N2O2S/c1-2-15(9-12(14)18)8-11-6-4-3-5-10(11)7-13(16)17/h3-6H,2,7-9H2,1H3,(H2,14,18)(H,16,17). The zero-order valence-corrected chi connectivity index (χ0v) is 11.2. The van der Waals surface area contributed by atoms with Gasteiger partial charge in [-0.1, -0.05) is 43.4 Å². The maximum atomic E-state index is 10.8. The Balaban J connectivity index is 2.81. The number of likely N-dealkylation sites (N-methyl/N-ethyl adjacent to an activating group) is 1. The minimum atomic E-state index is -0.820. The Bertz CT molecular complexity index is 435. The van der Waals surface area contributed by atoms with Crippen molar-refractivity contribution in [2.75, 3.05) is 13.1 Å². The van der Waals surface area contributed by atoms with Crippen molar-refractivity contribution in [3.05, 3.63) is 35.4 Å². The van der Waals surface area contributed by atoms with Gasteiger partial charge in [0.25, 0.3) is 0 Å². The van der Waals surface area contributed by atoms with Crippen LogP contribution in [0.15, 0.2) is 24.3 Å². The second-order valence-electron chi connectivity index (χ2n) is 4.11. The molecule has 0 spiro atoms. The molecule has 0 fully saturated rings. The molecule has 0 aromatic heterocycles. The van der Waals surface area contributed by atoms with Crippen LogP contribution in [0, 0.1) is 0 Å². The summed E-state index contributed by atoms with van der Waals surface area (Å²) in [5.41, 5.74) is 7.39. The molecule has 0 bridgehead atoms. The number of nitrogens with two attached hydrogens (primary N) is 1. The number of carbonyl (C=O) groups is 1. The van der Waals surface area contributed by atoms with Gasteiger partial charge in [-0.2, -0.15) is 0 Å². The van der Waals surface area contributed by atoms with Gasteiger partial charge in [0, 0.05) is 13.1 Å². The van der Waals surface area contributed by atoms with Crippen molar-refractivity contribution in [2.45, 2.75) is 19.9 Å². The highest BCUT2D eigenvalue weighted by Gasteiger charge is 2.10. The van der Waals surface area contributed by atoms with Crippen molar-refractivity contribution in [2.24, 2.45) is 5.73 Å². The van der Waals surface area contributed by atoms with Crippen molar-refractivity contribution in [3.63, 3.8) is 0 Å². The molecule has 1 rings (SSSR count). The van der Waals surface area contributed by atoms with Gasteiger partial charge in [0.15, 0.2) is 0 Å². The molecule has 3 N–H and O–H groups in total. The average molecular weight is 266 g/mol. The Hall–Kier alpha value is -1.46. The van der Waals surface area contributed by atoms with Crippen LogP contribution in [-0.4, -0.2) is 34.1 Å². The lowest BCUT2D eigenvalue weighted by Crippen LogP contribution is -2.32. The van der Waals surface area contributed by atoms with Gasteiger partial charge in [-0.05, 0) is 17.7 Å². The Morgan fingerprint density at radius 2 is 2.00 bits per heavy atom. The predicted octanol–water partition coefficient (Wildman–Crippen LogP) is 1.42. The molecule has 0 aliphatic carbocycles. The van der Waals surface area contributed by atoms with Crippen LogP contribution in [0.3, 0.4) is 0 Å². The van der Waals surface area contributed by atoms with Crippen LogP contribution in [0.2, 0.25) is 0 Å². The summed E-state index contributed by atoms with van der Waals surface area (Å²) in [7, 11) is 0. The van der Waals surface area contributed by atoms with E-state index < -0.39 is 5.97 Å². The minimum Gasteiger partial charge on any atom is -0.481 e. The fourth-order valence-corrected chi connectivity index (χ4v) is 1.97. The highest BCUT2D eigenvalue weighted by Crippen LogP contribution is 2.12. The van der Waals surface area contributed by atoms with Gasteiger partial charge in [0.2, 0.25) is 0 Å². The maximum absolute atomic E-state index is 10.8. The van der Waals surface area contributed by atoms with E-state index in [1.54, 1.807) is 0 Å². The molecular weight excluding hydrogens is 248 g/mol. The Labute approximate surface area is 112 Å².